The molecule has 0 aliphatic heterocycles. The van der Waals surface area contributed by atoms with Gasteiger partial charge in [-0.25, -0.2) is 0 Å². The van der Waals surface area contributed by atoms with Crippen molar-refractivity contribution in [1.29, 1.82) is 0 Å². The summed E-state index contributed by atoms with van der Waals surface area (Å²) in [5.74, 6) is 0.00280. The van der Waals surface area contributed by atoms with Gasteiger partial charge in [-0.2, -0.15) is 0 Å². The lowest BCUT2D eigenvalue weighted by Gasteiger charge is -2.17. The lowest BCUT2D eigenvalue weighted by Crippen LogP contribution is -2.28. The third kappa shape index (κ3) is 15.5. The van der Waals surface area contributed by atoms with Crippen LogP contribution in [-0.4, -0.2) is 14.3 Å². The Morgan fingerprint density at radius 1 is 0.900 bits per heavy atom. The summed E-state index contributed by atoms with van der Waals surface area (Å²) in [6.07, 6.45) is 16.2. The van der Waals surface area contributed by atoms with E-state index in [1.54, 1.807) is 0 Å². The lowest BCUT2D eigenvalue weighted by atomic mass is 10.1. The van der Waals surface area contributed by atoms with Gasteiger partial charge in [0, 0.05) is 6.42 Å². The largest absolute Gasteiger partial charge is 0.520 e. The Labute approximate surface area is 127 Å². The van der Waals surface area contributed by atoms with Crippen LogP contribution in [0.2, 0.25) is 19.6 Å². The van der Waals surface area contributed by atoms with Gasteiger partial charge in [-0.15, -0.1) is 0 Å². The maximum absolute atomic E-state index is 11.5. The normalized spacial score (nSPS) is 12.0. The van der Waals surface area contributed by atoms with E-state index in [2.05, 4.69) is 38.7 Å². The molecule has 2 nitrogen and oxygen atoms in total. The number of hydrogen-bond acceptors (Lipinski definition) is 2. The van der Waals surface area contributed by atoms with Gasteiger partial charge in [-0.1, -0.05) is 51.2 Å². The van der Waals surface area contributed by atoms with Crippen LogP contribution in [0, 0.1) is 0 Å². The molecule has 0 aliphatic rings. The van der Waals surface area contributed by atoms with E-state index in [0.717, 1.165) is 12.8 Å². The molecule has 20 heavy (non-hydrogen) atoms. The molecule has 0 unspecified atom stereocenters. The smallest absolute Gasteiger partial charge is 0.292 e. The van der Waals surface area contributed by atoms with E-state index in [4.69, 9.17) is 4.43 Å². The van der Waals surface area contributed by atoms with Crippen molar-refractivity contribution in [3.8, 4) is 0 Å². The van der Waals surface area contributed by atoms with Crippen molar-refractivity contribution in [2.75, 3.05) is 0 Å². The highest BCUT2D eigenvalue weighted by molar-refractivity contribution is 6.71. The van der Waals surface area contributed by atoms with Crippen LogP contribution in [0.1, 0.15) is 71.1 Å². The summed E-state index contributed by atoms with van der Waals surface area (Å²) in [6, 6.07) is 0. The van der Waals surface area contributed by atoms with E-state index >= 15 is 0 Å². The second kappa shape index (κ2) is 12.2. The Kier molecular flexibility index (Phi) is 11.8. The summed E-state index contributed by atoms with van der Waals surface area (Å²) in [6.45, 7) is 8.39. The summed E-state index contributed by atoms with van der Waals surface area (Å²) in [4.78, 5) is 11.5. The predicted molar refractivity (Wildman–Crippen MR) is 90.4 cm³/mol. The van der Waals surface area contributed by atoms with Gasteiger partial charge in [0.05, 0.1) is 0 Å². The van der Waals surface area contributed by atoms with Crippen molar-refractivity contribution in [2.24, 2.45) is 0 Å². The summed E-state index contributed by atoms with van der Waals surface area (Å²) < 4.78 is 5.42. The molecule has 0 radical (unpaired) electrons. The second-order valence-electron chi connectivity index (χ2n) is 6.51. The second-order valence-corrected chi connectivity index (χ2v) is 10.9. The highest BCUT2D eigenvalue weighted by Crippen LogP contribution is 2.10. The third-order valence-electron chi connectivity index (χ3n) is 3.06. The van der Waals surface area contributed by atoms with E-state index in [0.29, 0.717) is 6.42 Å². The average Bonchev–Trinajstić information content (AvgIpc) is 2.34. The van der Waals surface area contributed by atoms with Crippen molar-refractivity contribution in [3.63, 3.8) is 0 Å². The van der Waals surface area contributed by atoms with Gasteiger partial charge in [-0.05, 0) is 45.3 Å². The fraction of sp³-hybridized carbons (Fsp3) is 0.824. The van der Waals surface area contributed by atoms with Gasteiger partial charge < -0.3 is 4.43 Å². The first-order chi connectivity index (χ1) is 9.45. The molecule has 0 aliphatic carbocycles. The van der Waals surface area contributed by atoms with Crippen LogP contribution >= 0.6 is 0 Å². The van der Waals surface area contributed by atoms with Gasteiger partial charge in [-0.3, -0.25) is 4.79 Å². The van der Waals surface area contributed by atoms with Crippen molar-refractivity contribution in [3.05, 3.63) is 12.2 Å². The third-order valence-corrected chi connectivity index (χ3v) is 3.90. The average molecular weight is 299 g/mol. The number of carbonyl (C=O) groups is 1. The molecular formula is C17H34O2Si. The number of rotatable bonds is 12. The molecule has 0 fully saturated rings. The molecule has 0 rings (SSSR count). The van der Waals surface area contributed by atoms with E-state index in [1.807, 2.05) is 0 Å². The first-order valence-electron chi connectivity index (χ1n) is 8.32. The molecular weight excluding hydrogens is 264 g/mol. The molecule has 0 heterocycles. The molecule has 0 saturated heterocycles. The van der Waals surface area contributed by atoms with Crippen LogP contribution in [0.25, 0.3) is 0 Å². The van der Waals surface area contributed by atoms with Gasteiger partial charge in [0.1, 0.15) is 0 Å². The molecule has 0 atom stereocenters. The summed E-state index contributed by atoms with van der Waals surface area (Å²) >= 11 is 0. The summed E-state index contributed by atoms with van der Waals surface area (Å²) in [5, 5.41) is 0. The van der Waals surface area contributed by atoms with Crippen molar-refractivity contribution in [1.82, 2.24) is 0 Å². The Bertz CT molecular complexity index is 267. The zero-order valence-corrected chi connectivity index (χ0v) is 15.0. The number of carbonyl (C=O) groups excluding carboxylic acids is 1. The number of allylic oxidation sites excluding steroid dienone is 2. The quantitative estimate of drug-likeness (QED) is 0.257. The minimum absolute atomic E-state index is 0.00280. The summed E-state index contributed by atoms with van der Waals surface area (Å²) in [5.41, 5.74) is 0. The Balaban J connectivity index is 3.28. The predicted octanol–water partition coefficient (Wildman–Crippen LogP) is 5.84. The maximum Gasteiger partial charge on any atom is 0.292 e. The van der Waals surface area contributed by atoms with Gasteiger partial charge >= 0.3 is 0 Å². The highest BCUT2D eigenvalue weighted by atomic mass is 28.4. The fourth-order valence-corrected chi connectivity index (χ4v) is 2.80. The molecule has 118 valence electrons. The maximum atomic E-state index is 11.5. The molecule has 0 saturated carbocycles. The summed E-state index contributed by atoms with van der Waals surface area (Å²) in [7, 11) is -1.68. The molecule has 0 aromatic heterocycles. The van der Waals surface area contributed by atoms with E-state index < -0.39 is 8.32 Å². The van der Waals surface area contributed by atoms with Crippen LogP contribution in [-0.2, 0) is 9.22 Å². The highest BCUT2D eigenvalue weighted by Gasteiger charge is 2.19. The molecule has 0 amide bonds. The number of hydrogen-bond donors (Lipinski definition) is 0. The van der Waals surface area contributed by atoms with Crippen LogP contribution in [0.15, 0.2) is 12.2 Å². The first kappa shape index (κ1) is 19.4. The molecule has 3 heteroatoms. The Hall–Kier alpha value is -0.573. The Morgan fingerprint density at radius 3 is 2.05 bits per heavy atom. The van der Waals surface area contributed by atoms with E-state index in [9.17, 15) is 4.79 Å². The zero-order valence-electron chi connectivity index (χ0n) is 14.0. The van der Waals surface area contributed by atoms with Crippen LogP contribution < -0.4 is 0 Å². The minimum atomic E-state index is -1.68. The minimum Gasteiger partial charge on any atom is -0.520 e. The molecule has 0 aromatic rings. The topological polar surface area (TPSA) is 26.3 Å². The Morgan fingerprint density at radius 2 is 1.45 bits per heavy atom. The van der Waals surface area contributed by atoms with Crippen LogP contribution in [0.4, 0.5) is 0 Å². The number of unbranched alkanes of at least 4 members (excludes halogenated alkanes) is 7. The van der Waals surface area contributed by atoms with Gasteiger partial charge in [0.2, 0.25) is 8.32 Å². The zero-order chi connectivity index (χ0) is 15.3. The molecule has 0 spiro atoms. The molecule has 0 N–H and O–H groups in total. The fourth-order valence-electron chi connectivity index (χ4n) is 2.01. The monoisotopic (exact) mass is 298 g/mol. The van der Waals surface area contributed by atoms with Gasteiger partial charge in [0.15, 0.2) is 0 Å². The molecule has 0 bridgehead atoms. The lowest BCUT2D eigenvalue weighted by molar-refractivity contribution is -0.135. The van der Waals surface area contributed by atoms with Crippen LogP contribution in [0.3, 0.4) is 0 Å². The molecule has 0 aromatic carbocycles. The van der Waals surface area contributed by atoms with Gasteiger partial charge in [0.25, 0.3) is 5.97 Å². The SMILES string of the molecule is CCCC/C=C\CCCCCCCC(=O)O[Si](C)(C)C. The van der Waals surface area contributed by atoms with Crippen molar-refractivity contribution >= 4 is 14.3 Å². The van der Waals surface area contributed by atoms with E-state index in [-0.39, 0.29) is 5.97 Å². The first-order valence-corrected chi connectivity index (χ1v) is 11.7. The van der Waals surface area contributed by atoms with Crippen molar-refractivity contribution < 1.29 is 9.22 Å². The van der Waals surface area contributed by atoms with Crippen LogP contribution in [0.5, 0.6) is 0 Å². The van der Waals surface area contributed by atoms with E-state index in [1.165, 1.54) is 44.9 Å². The van der Waals surface area contributed by atoms with Crippen molar-refractivity contribution in [2.45, 2.75) is 90.8 Å². The standard InChI is InChI=1S/C17H34O2Si/c1-5-6-7-8-9-10-11-12-13-14-15-16-17(18)19-20(2,3)4/h8-9H,5-7,10-16H2,1-4H3/b9-8-.